The molecule has 2 atom stereocenters. The molecular weight excluding hydrogens is 454 g/mol. The number of amides is 2. The monoisotopic (exact) mass is 493 g/mol. The zero-order valence-electron chi connectivity index (χ0n) is 22.0. The number of hydrogen-bond donors (Lipinski definition) is 0. The molecule has 0 radical (unpaired) electrons. The molecular formula is C29H39N3O4. The molecule has 2 aliphatic rings. The van der Waals surface area contributed by atoms with E-state index in [9.17, 15) is 9.59 Å². The Bertz CT molecular complexity index is 1030. The van der Waals surface area contributed by atoms with Crippen LogP contribution in [-0.2, 0) is 20.7 Å². The standard InChI is InChI=1S/C29H39N3O4/c1-21(2)28(33)32-13-12-23-10-11-25(20-26(23)27(32)24-8-6-5-7-9-24)36-22(3)29(34)31-16-14-30(15-17-31)18-19-35-4/h5-11,20-22,27H,12-19H2,1-4H3. The lowest BCUT2D eigenvalue weighted by Crippen LogP contribution is -2.52. The molecule has 7 nitrogen and oxygen atoms in total. The molecule has 2 aromatic rings. The van der Waals surface area contributed by atoms with Gasteiger partial charge >= 0.3 is 0 Å². The van der Waals surface area contributed by atoms with E-state index in [0.29, 0.717) is 32.0 Å². The molecule has 194 valence electrons. The molecule has 0 N–H and O–H groups in total. The first-order chi connectivity index (χ1) is 17.4. The number of hydrogen-bond acceptors (Lipinski definition) is 5. The van der Waals surface area contributed by atoms with E-state index in [-0.39, 0.29) is 23.8 Å². The van der Waals surface area contributed by atoms with Gasteiger partial charge in [-0.25, -0.2) is 0 Å². The van der Waals surface area contributed by atoms with Crippen molar-refractivity contribution in [1.29, 1.82) is 0 Å². The second kappa shape index (κ2) is 11.9. The first kappa shape index (κ1) is 26.2. The van der Waals surface area contributed by atoms with Crippen molar-refractivity contribution in [3.05, 3.63) is 65.2 Å². The lowest BCUT2D eigenvalue weighted by molar-refractivity contribution is -0.139. The summed E-state index contributed by atoms with van der Waals surface area (Å²) in [4.78, 5) is 32.4. The minimum atomic E-state index is -0.583. The first-order valence-electron chi connectivity index (χ1n) is 13.0. The third kappa shape index (κ3) is 5.90. The highest BCUT2D eigenvalue weighted by Crippen LogP contribution is 2.38. The molecule has 0 spiro atoms. The van der Waals surface area contributed by atoms with Crippen LogP contribution in [0.5, 0.6) is 5.75 Å². The van der Waals surface area contributed by atoms with Gasteiger partial charge in [0.1, 0.15) is 5.75 Å². The Balaban J connectivity index is 1.50. The smallest absolute Gasteiger partial charge is 0.263 e. The fourth-order valence-corrected chi connectivity index (χ4v) is 5.15. The van der Waals surface area contributed by atoms with Crippen molar-refractivity contribution in [1.82, 2.24) is 14.7 Å². The highest BCUT2D eigenvalue weighted by Gasteiger charge is 2.34. The molecule has 7 heteroatoms. The fraction of sp³-hybridized carbons (Fsp3) is 0.517. The largest absolute Gasteiger partial charge is 0.481 e. The lowest BCUT2D eigenvalue weighted by Gasteiger charge is -2.39. The van der Waals surface area contributed by atoms with E-state index in [1.165, 1.54) is 5.56 Å². The van der Waals surface area contributed by atoms with Crippen molar-refractivity contribution in [3.63, 3.8) is 0 Å². The first-order valence-corrected chi connectivity index (χ1v) is 13.0. The summed E-state index contributed by atoms with van der Waals surface area (Å²) in [6.07, 6.45) is 0.222. The molecule has 0 aliphatic carbocycles. The Labute approximate surface area is 215 Å². The highest BCUT2D eigenvalue weighted by atomic mass is 16.5. The van der Waals surface area contributed by atoms with Crippen molar-refractivity contribution < 1.29 is 19.1 Å². The molecule has 36 heavy (non-hydrogen) atoms. The van der Waals surface area contributed by atoms with Gasteiger partial charge in [0.25, 0.3) is 5.91 Å². The van der Waals surface area contributed by atoms with Gasteiger partial charge in [0, 0.05) is 52.3 Å². The third-order valence-electron chi connectivity index (χ3n) is 7.19. The van der Waals surface area contributed by atoms with Gasteiger partial charge in [-0.3, -0.25) is 14.5 Å². The Morgan fingerprint density at radius 3 is 2.33 bits per heavy atom. The zero-order valence-corrected chi connectivity index (χ0v) is 22.0. The molecule has 0 bridgehead atoms. The van der Waals surface area contributed by atoms with E-state index in [2.05, 4.69) is 23.1 Å². The summed E-state index contributed by atoms with van der Waals surface area (Å²) in [6.45, 7) is 11.1. The van der Waals surface area contributed by atoms with Crippen LogP contribution in [-0.4, -0.2) is 85.6 Å². The molecule has 2 aromatic carbocycles. The van der Waals surface area contributed by atoms with Crippen LogP contribution in [0.1, 0.15) is 43.5 Å². The van der Waals surface area contributed by atoms with Crippen LogP contribution in [0.15, 0.2) is 48.5 Å². The predicted octanol–water partition coefficient (Wildman–Crippen LogP) is 3.37. The molecule has 4 rings (SSSR count). The van der Waals surface area contributed by atoms with Gasteiger partial charge in [-0.05, 0) is 42.2 Å². The molecule has 2 aliphatic heterocycles. The number of rotatable bonds is 8. The molecule has 1 fully saturated rings. The maximum absolute atomic E-state index is 13.1. The summed E-state index contributed by atoms with van der Waals surface area (Å²) in [6, 6.07) is 16.1. The fourth-order valence-electron chi connectivity index (χ4n) is 5.15. The summed E-state index contributed by atoms with van der Waals surface area (Å²) in [7, 11) is 1.71. The van der Waals surface area contributed by atoms with Crippen LogP contribution in [0.4, 0.5) is 0 Å². The van der Waals surface area contributed by atoms with Crippen LogP contribution in [0.25, 0.3) is 0 Å². The van der Waals surface area contributed by atoms with Crippen molar-refractivity contribution in [2.45, 2.75) is 39.3 Å². The third-order valence-corrected chi connectivity index (χ3v) is 7.19. The molecule has 2 heterocycles. The summed E-state index contributed by atoms with van der Waals surface area (Å²) in [5, 5.41) is 0. The van der Waals surface area contributed by atoms with Gasteiger partial charge in [-0.1, -0.05) is 50.2 Å². The zero-order chi connectivity index (χ0) is 25.7. The average Bonchev–Trinajstić information content (AvgIpc) is 2.91. The van der Waals surface area contributed by atoms with E-state index in [4.69, 9.17) is 9.47 Å². The van der Waals surface area contributed by atoms with E-state index >= 15 is 0 Å². The second-order valence-corrected chi connectivity index (χ2v) is 10.0. The number of piperazine rings is 1. The normalized spacial score (nSPS) is 19.2. The van der Waals surface area contributed by atoms with Crippen molar-refractivity contribution in [3.8, 4) is 5.75 Å². The minimum absolute atomic E-state index is 0.00957. The van der Waals surface area contributed by atoms with Crippen LogP contribution >= 0.6 is 0 Å². The summed E-state index contributed by atoms with van der Waals surface area (Å²) in [5.41, 5.74) is 3.38. The van der Waals surface area contributed by atoms with E-state index < -0.39 is 6.10 Å². The Morgan fingerprint density at radius 2 is 1.67 bits per heavy atom. The van der Waals surface area contributed by atoms with Crippen molar-refractivity contribution in [2.24, 2.45) is 5.92 Å². The van der Waals surface area contributed by atoms with Gasteiger partial charge in [0.15, 0.2) is 6.10 Å². The van der Waals surface area contributed by atoms with E-state index in [1.54, 1.807) is 7.11 Å². The summed E-state index contributed by atoms with van der Waals surface area (Å²) >= 11 is 0. The van der Waals surface area contributed by atoms with Crippen molar-refractivity contribution >= 4 is 11.8 Å². The van der Waals surface area contributed by atoms with Crippen molar-refractivity contribution in [2.75, 3.05) is 53.0 Å². The molecule has 2 unspecified atom stereocenters. The molecule has 0 aromatic heterocycles. The topological polar surface area (TPSA) is 62.3 Å². The maximum atomic E-state index is 13.1. The van der Waals surface area contributed by atoms with Crippen LogP contribution in [0.2, 0.25) is 0 Å². The minimum Gasteiger partial charge on any atom is -0.481 e. The van der Waals surface area contributed by atoms with Crippen LogP contribution < -0.4 is 4.74 Å². The highest BCUT2D eigenvalue weighted by molar-refractivity contribution is 5.81. The van der Waals surface area contributed by atoms with E-state index in [0.717, 1.165) is 37.2 Å². The van der Waals surface area contributed by atoms with Gasteiger partial charge < -0.3 is 19.3 Å². The molecule has 2 amide bonds. The molecule has 1 saturated heterocycles. The number of nitrogens with zero attached hydrogens (tertiary/aromatic N) is 3. The summed E-state index contributed by atoms with van der Waals surface area (Å²) in [5.74, 6) is 0.738. The number of carbonyl (C=O) groups is 2. The second-order valence-electron chi connectivity index (χ2n) is 10.0. The van der Waals surface area contributed by atoms with Crippen LogP contribution in [0, 0.1) is 5.92 Å². The van der Waals surface area contributed by atoms with Crippen LogP contribution in [0.3, 0.4) is 0 Å². The quantitative estimate of drug-likeness (QED) is 0.564. The number of methoxy groups -OCH3 is 1. The maximum Gasteiger partial charge on any atom is 0.263 e. The summed E-state index contributed by atoms with van der Waals surface area (Å²) < 4.78 is 11.4. The number of fused-ring (bicyclic) bond motifs is 1. The number of carbonyl (C=O) groups excluding carboxylic acids is 2. The van der Waals surface area contributed by atoms with Gasteiger partial charge in [-0.15, -0.1) is 0 Å². The lowest BCUT2D eigenvalue weighted by atomic mass is 9.87. The van der Waals surface area contributed by atoms with Gasteiger partial charge in [0.05, 0.1) is 12.6 Å². The van der Waals surface area contributed by atoms with Gasteiger partial charge in [-0.2, -0.15) is 0 Å². The molecule has 0 saturated carbocycles. The predicted molar refractivity (Wildman–Crippen MR) is 140 cm³/mol. The Kier molecular flexibility index (Phi) is 8.64. The Hall–Kier alpha value is -2.90. The number of benzene rings is 2. The number of ether oxygens (including phenoxy) is 2. The average molecular weight is 494 g/mol. The Morgan fingerprint density at radius 1 is 0.944 bits per heavy atom. The van der Waals surface area contributed by atoms with E-state index in [1.807, 2.05) is 60.9 Å². The van der Waals surface area contributed by atoms with Gasteiger partial charge in [0.2, 0.25) is 5.91 Å². The SMILES string of the molecule is COCCN1CCN(C(=O)C(C)Oc2ccc3c(c2)C(c2ccccc2)N(C(=O)C(C)C)CC3)CC1.